The molecule has 1 heterocycles. The molecule has 1 amide bonds. The topological polar surface area (TPSA) is 35.6 Å². The third-order valence-corrected chi connectivity index (χ3v) is 6.25. The Kier molecular flexibility index (Phi) is 6.05. The third kappa shape index (κ3) is 3.77. The van der Waals surface area contributed by atoms with Gasteiger partial charge >= 0.3 is 0 Å². The maximum Gasteiger partial charge on any atom is 0.255 e. The molecule has 0 spiro atoms. The molecule has 1 aliphatic rings. The minimum absolute atomic E-state index is 0.155. The lowest BCUT2D eigenvalue weighted by Crippen LogP contribution is -2.47. The van der Waals surface area contributed by atoms with Gasteiger partial charge in [-0.3, -0.25) is 4.79 Å². The smallest absolute Gasteiger partial charge is 0.255 e. The number of nitrogens with one attached hydrogen (secondary N) is 1. The van der Waals surface area contributed by atoms with Crippen LogP contribution in [0.4, 0.5) is 10.1 Å². The van der Waals surface area contributed by atoms with Crippen molar-refractivity contribution in [1.29, 1.82) is 0 Å². The van der Waals surface area contributed by atoms with E-state index in [2.05, 4.69) is 5.32 Å². The largest absolute Gasteiger partial charge is 0.340 e. The Morgan fingerprint density at radius 3 is 2.39 bits per heavy atom. The van der Waals surface area contributed by atoms with Crippen molar-refractivity contribution in [3.05, 3.63) is 71.2 Å². The fourth-order valence-corrected chi connectivity index (χ4v) is 3.93. The minimum Gasteiger partial charge on any atom is -0.340 e. The van der Waals surface area contributed by atoms with Gasteiger partial charge < -0.3 is 15.1 Å². The molecule has 0 fully saturated rings. The summed E-state index contributed by atoms with van der Waals surface area (Å²) < 4.78 is 14.1. The van der Waals surface area contributed by atoms with Crippen molar-refractivity contribution < 1.29 is 9.18 Å². The molecule has 1 aliphatic heterocycles. The van der Waals surface area contributed by atoms with Crippen molar-refractivity contribution in [2.24, 2.45) is 0 Å². The Hall–Kier alpha value is -2.38. The van der Waals surface area contributed by atoms with Gasteiger partial charge in [0, 0.05) is 24.7 Å². The highest BCUT2D eigenvalue weighted by atomic mass is 32.2. The van der Waals surface area contributed by atoms with Crippen LogP contribution < -0.4 is 5.32 Å². The van der Waals surface area contributed by atoms with Gasteiger partial charge in [0.25, 0.3) is 5.91 Å². The Morgan fingerprint density at radius 1 is 1.14 bits per heavy atom. The Bertz CT molecular complexity index is 943. The van der Waals surface area contributed by atoms with Crippen molar-refractivity contribution in [2.75, 3.05) is 25.7 Å². The molecule has 0 bridgehead atoms. The number of carbonyl (C=O) groups is 1. The first-order chi connectivity index (χ1) is 13.3. The first kappa shape index (κ1) is 20.4. The highest BCUT2D eigenvalue weighted by Crippen LogP contribution is 2.37. The number of rotatable bonds is 4. The number of thiocarbonyl (C=S) groups is 1. The van der Waals surface area contributed by atoms with E-state index in [9.17, 15) is 9.18 Å². The van der Waals surface area contributed by atoms with Crippen LogP contribution in [0, 0.1) is 5.82 Å². The molecule has 0 aliphatic carbocycles. The molecule has 0 radical (unpaired) electrons. The number of carbonyl (C=O) groups excluding carboxylic acids is 1. The van der Waals surface area contributed by atoms with Gasteiger partial charge in [0.2, 0.25) is 0 Å². The van der Waals surface area contributed by atoms with Crippen LogP contribution in [-0.2, 0) is 4.79 Å². The fourth-order valence-electron chi connectivity index (χ4n) is 3.28. The molecule has 0 saturated heterocycles. The molecular weight excluding hydrogens is 393 g/mol. The molecule has 2 aromatic carbocycles. The van der Waals surface area contributed by atoms with E-state index in [0.29, 0.717) is 10.7 Å². The second-order valence-corrected chi connectivity index (χ2v) is 7.81. The number of para-hydroxylation sites is 1. The van der Waals surface area contributed by atoms with Gasteiger partial charge in [-0.1, -0.05) is 24.3 Å². The summed E-state index contributed by atoms with van der Waals surface area (Å²) in [5.74, 6) is -0.814. The standard InChI is InChI=1S/C21H22FN3OS2/c1-13-18(20(26)23-17-8-6-5-7-16(17)22)19(25(3)21(27)24(13)2)14-9-11-15(28-4)12-10-14/h5-12,19H,1-4H3,(H,23,26)/t19-/m0/s1. The maximum atomic E-state index is 14.1. The molecule has 0 saturated carbocycles. The van der Waals surface area contributed by atoms with Gasteiger partial charge in [0.15, 0.2) is 5.11 Å². The highest BCUT2D eigenvalue weighted by molar-refractivity contribution is 7.98. The van der Waals surface area contributed by atoms with Crippen LogP contribution in [0.2, 0.25) is 0 Å². The van der Waals surface area contributed by atoms with Crippen LogP contribution >= 0.6 is 24.0 Å². The third-order valence-electron chi connectivity index (χ3n) is 4.94. The monoisotopic (exact) mass is 415 g/mol. The lowest BCUT2D eigenvalue weighted by atomic mass is 9.93. The number of likely N-dealkylation sites (N-methyl/N-ethyl adjacent to an activating group) is 1. The van der Waals surface area contributed by atoms with Gasteiger partial charge in [-0.2, -0.15) is 0 Å². The zero-order valence-electron chi connectivity index (χ0n) is 16.2. The SMILES string of the molecule is CSc1ccc([C@H]2C(C(=O)Nc3ccccc3F)=C(C)N(C)C(=S)N2C)cc1. The molecule has 146 valence electrons. The summed E-state index contributed by atoms with van der Waals surface area (Å²) >= 11 is 7.22. The van der Waals surface area contributed by atoms with E-state index in [0.717, 1.165) is 16.2 Å². The van der Waals surface area contributed by atoms with E-state index < -0.39 is 5.82 Å². The van der Waals surface area contributed by atoms with Gasteiger partial charge in [0.1, 0.15) is 5.82 Å². The van der Waals surface area contributed by atoms with Crippen molar-refractivity contribution in [2.45, 2.75) is 17.9 Å². The number of hydrogen-bond donors (Lipinski definition) is 1. The average molecular weight is 416 g/mol. The zero-order chi connectivity index (χ0) is 20.4. The number of allylic oxidation sites excluding steroid dienone is 1. The maximum absolute atomic E-state index is 14.1. The molecule has 1 atom stereocenters. The number of thioether (sulfide) groups is 1. The van der Waals surface area contributed by atoms with Crippen LogP contribution in [-0.4, -0.2) is 41.2 Å². The summed E-state index contributed by atoms with van der Waals surface area (Å²) in [7, 11) is 3.70. The van der Waals surface area contributed by atoms with Crippen LogP contribution in [0.25, 0.3) is 0 Å². The Labute approximate surface area is 174 Å². The second kappa shape index (κ2) is 8.32. The number of anilines is 1. The van der Waals surface area contributed by atoms with Crippen molar-refractivity contribution in [3.63, 3.8) is 0 Å². The van der Waals surface area contributed by atoms with Gasteiger partial charge in [-0.15, -0.1) is 11.8 Å². The Balaban J connectivity index is 2.05. The minimum atomic E-state index is -0.469. The summed E-state index contributed by atoms with van der Waals surface area (Å²) in [5.41, 5.74) is 2.39. The lowest BCUT2D eigenvalue weighted by Gasteiger charge is -2.42. The van der Waals surface area contributed by atoms with Crippen LogP contribution in [0.3, 0.4) is 0 Å². The summed E-state index contributed by atoms with van der Waals surface area (Å²) in [6.07, 6.45) is 2.02. The quantitative estimate of drug-likeness (QED) is 0.580. The van der Waals surface area contributed by atoms with Gasteiger partial charge in [-0.25, -0.2) is 4.39 Å². The number of nitrogens with zero attached hydrogens (tertiary/aromatic N) is 2. The van der Waals surface area contributed by atoms with E-state index in [1.807, 2.05) is 56.4 Å². The molecular formula is C21H22FN3OS2. The lowest BCUT2D eigenvalue weighted by molar-refractivity contribution is -0.113. The molecule has 1 N–H and O–H groups in total. The molecule has 0 aromatic heterocycles. The summed E-state index contributed by atoms with van der Waals surface area (Å²) in [5, 5.41) is 3.34. The number of halogens is 1. The van der Waals surface area contributed by atoms with Gasteiger partial charge in [-0.05, 0) is 55.2 Å². The molecule has 2 aromatic rings. The van der Waals surface area contributed by atoms with E-state index in [-0.39, 0.29) is 17.6 Å². The van der Waals surface area contributed by atoms with Crippen molar-refractivity contribution in [1.82, 2.24) is 9.80 Å². The van der Waals surface area contributed by atoms with Gasteiger partial charge in [0.05, 0.1) is 17.3 Å². The zero-order valence-corrected chi connectivity index (χ0v) is 17.8. The molecule has 7 heteroatoms. The van der Waals surface area contributed by atoms with Crippen molar-refractivity contribution >= 4 is 40.7 Å². The number of amides is 1. The molecule has 0 unspecified atom stereocenters. The normalized spacial score (nSPS) is 17.2. The van der Waals surface area contributed by atoms with E-state index in [4.69, 9.17) is 12.2 Å². The number of hydrogen-bond acceptors (Lipinski definition) is 3. The molecule has 4 nitrogen and oxygen atoms in total. The van der Waals surface area contributed by atoms with Crippen molar-refractivity contribution in [3.8, 4) is 0 Å². The highest BCUT2D eigenvalue weighted by Gasteiger charge is 2.36. The summed E-state index contributed by atoms with van der Waals surface area (Å²) in [6.45, 7) is 1.86. The first-order valence-corrected chi connectivity index (χ1v) is 10.4. The first-order valence-electron chi connectivity index (χ1n) is 8.76. The summed E-state index contributed by atoms with van der Waals surface area (Å²) in [6, 6.07) is 13.9. The van der Waals surface area contributed by atoms with E-state index in [1.165, 1.54) is 6.07 Å². The van der Waals surface area contributed by atoms with E-state index >= 15 is 0 Å². The molecule has 3 rings (SSSR count). The molecule has 28 heavy (non-hydrogen) atoms. The summed E-state index contributed by atoms with van der Waals surface area (Å²) in [4.78, 5) is 18.0. The predicted octanol–water partition coefficient (Wildman–Crippen LogP) is 4.66. The van der Waals surface area contributed by atoms with Crippen LogP contribution in [0.5, 0.6) is 0 Å². The van der Waals surface area contributed by atoms with Crippen LogP contribution in [0.15, 0.2) is 64.7 Å². The second-order valence-electron chi connectivity index (χ2n) is 6.56. The predicted molar refractivity (Wildman–Crippen MR) is 117 cm³/mol. The number of benzene rings is 2. The fraction of sp³-hybridized carbons (Fsp3) is 0.238. The average Bonchev–Trinajstić information content (AvgIpc) is 2.70. The van der Waals surface area contributed by atoms with E-state index in [1.54, 1.807) is 34.9 Å². The van der Waals surface area contributed by atoms with Crippen LogP contribution in [0.1, 0.15) is 18.5 Å². The Morgan fingerprint density at radius 2 is 1.79 bits per heavy atom.